The summed E-state index contributed by atoms with van der Waals surface area (Å²) in [5.41, 5.74) is 1.03. The highest BCUT2D eigenvalue weighted by Gasteiger charge is 2.36. The van der Waals surface area contributed by atoms with Gasteiger partial charge in [0.05, 0.1) is 4.90 Å². The van der Waals surface area contributed by atoms with Crippen LogP contribution in [0, 0.1) is 6.92 Å². The molecule has 0 radical (unpaired) electrons. The number of sulfonamides is 1. The molecule has 17 heavy (non-hydrogen) atoms. The van der Waals surface area contributed by atoms with Gasteiger partial charge in [-0.1, -0.05) is 23.8 Å². The van der Waals surface area contributed by atoms with E-state index in [1.807, 2.05) is 6.92 Å². The van der Waals surface area contributed by atoms with Crippen LogP contribution >= 0.6 is 0 Å². The van der Waals surface area contributed by atoms with Crippen LogP contribution in [0.15, 0.2) is 41.8 Å². The maximum absolute atomic E-state index is 11.9. The van der Waals surface area contributed by atoms with Crippen molar-refractivity contribution in [2.45, 2.75) is 24.0 Å². The highest BCUT2D eigenvalue weighted by Crippen LogP contribution is 2.22. The molecule has 1 saturated heterocycles. The second-order valence-electron chi connectivity index (χ2n) is 4.04. The Balaban J connectivity index is 1.99. The van der Waals surface area contributed by atoms with Crippen LogP contribution in [-0.2, 0) is 14.8 Å². The topological polar surface area (TPSA) is 58.7 Å². The highest BCUT2D eigenvalue weighted by molar-refractivity contribution is 7.89. The van der Waals surface area contributed by atoms with Crippen molar-refractivity contribution >= 4 is 10.0 Å². The zero-order valence-electron chi connectivity index (χ0n) is 9.59. The maximum Gasteiger partial charge on any atom is 0.240 e. The number of rotatable bonds is 5. The van der Waals surface area contributed by atoms with Gasteiger partial charge in [-0.3, -0.25) is 0 Å². The van der Waals surface area contributed by atoms with Gasteiger partial charge in [-0.05, 0) is 19.1 Å². The number of benzene rings is 1. The fourth-order valence-corrected chi connectivity index (χ4v) is 2.57. The van der Waals surface area contributed by atoms with Crippen molar-refractivity contribution in [2.75, 3.05) is 6.54 Å². The van der Waals surface area contributed by atoms with Gasteiger partial charge in [-0.2, -0.15) is 0 Å². The van der Waals surface area contributed by atoms with E-state index in [4.69, 9.17) is 4.74 Å². The minimum absolute atomic E-state index is 0.0179. The van der Waals surface area contributed by atoms with Gasteiger partial charge in [0, 0.05) is 6.54 Å². The summed E-state index contributed by atoms with van der Waals surface area (Å²) < 4.78 is 31.4. The Hall–Kier alpha value is -1.17. The van der Waals surface area contributed by atoms with Gasteiger partial charge in [0.1, 0.15) is 12.2 Å². The summed E-state index contributed by atoms with van der Waals surface area (Å²) in [5.74, 6) is 0. The van der Waals surface area contributed by atoms with Crippen LogP contribution in [0.25, 0.3) is 0 Å². The van der Waals surface area contributed by atoms with Crippen LogP contribution in [0.4, 0.5) is 0 Å². The number of epoxide rings is 1. The number of hydrogen-bond acceptors (Lipinski definition) is 3. The summed E-state index contributed by atoms with van der Waals surface area (Å²) in [4.78, 5) is 0.277. The standard InChI is InChI=1S/C12H15NO3S/c1-3-11-12(16-11)8-13-17(14,15)10-6-4-9(2)5-7-10/h3-7,11-13H,1,8H2,2H3/t11-,12+/m1/s1. The molecule has 2 rings (SSSR count). The second kappa shape index (κ2) is 4.60. The van der Waals surface area contributed by atoms with Gasteiger partial charge < -0.3 is 4.74 Å². The van der Waals surface area contributed by atoms with E-state index in [1.165, 1.54) is 0 Å². The first kappa shape index (κ1) is 12.3. The van der Waals surface area contributed by atoms with Crippen molar-refractivity contribution in [2.24, 2.45) is 0 Å². The Morgan fingerprint density at radius 1 is 1.41 bits per heavy atom. The van der Waals surface area contributed by atoms with Crippen LogP contribution in [0.5, 0.6) is 0 Å². The largest absolute Gasteiger partial charge is 0.364 e. The molecule has 0 aliphatic carbocycles. The molecule has 1 aromatic carbocycles. The van der Waals surface area contributed by atoms with E-state index in [-0.39, 0.29) is 23.6 Å². The first-order chi connectivity index (χ1) is 8.03. The lowest BCUT2D eigenvalue weighted by Crippen LogP contribution is -2.28. The van der Waals surface area contributed by atoms with Crippen LogP contribution in [-0.4, -0.2) is 27.2 Å². The summed E-state index contributed by atoms with van der Waals surface area (Å²) >= 11 is 0. The van der Waals surface area contributed by atoms with Crippen LogP contribution < -0.4 is 4.72 Å². The summed E-state index contributed by atoms with van der Waals surface area (Å²) in [6.45, 7) is 5.78. The first-order valence-electron chi connectivity index (χ1n) is 5.37. The minimum atomic E-state index is -3.43. The average molecular weight is 253 g/mol. The van der Waals surface area contributed by atoms with E-state index in [0.29, 0.717) is 0 Å². The molecule has 4 nitrogen and oxygen atoms in total. The molecule has 5 heteroatoms. The minimum Gasteiger partial charge on any atom is -0.364 e. The van der Waals surface area contributed by atoms with Crippen molar-refractivity contribution in [3.8, 4) is 0 Å². The third-order valence-corrected chi connectivity index (χ3v) is 4.10. The predicted molar refractivity (Wildman–Crippen MR) is 65.2 cm³/mol. The van der Waals surface area contributed by atoms with Crippen LogP contribution in [0.1, 0.15) is 5.56 Å². The lowest BCUT2D eigenvalue weighted by Gasteiger charge is -2.05. The monoisotopic (exact) mass is 253 g/mol. The van der Waals surface area contributed by atoms with E-state index in [2.05, 4.69) is 11.3 Å². The molecule has 0 bridgehead atoms. The molecule has 1 aliphatic heterocycles. The molecule has 1 aromatic rings. The van der Waals surface area contributed by atoms with Crippen LogP contribution in [0.3, 0.4) is 0 Å². The Labute approximate surface area is 101 Å². The molecule has 1 aliphatic rings. The van der Waals surface area contributed by atoms with Gasteiger partial charge in [0.15, 0.2) is 0 Å². The smallest absolute Gasteiger partial charge is 0.240 e. The molecule has 92 valence electrons. The number of aryl methyl sites for hydroxylation is 1. The summed E-state index contributed by atoms with van der Waals surface area (Å²) in [7, 11) is -3.43. The molecule has 0 spiro atoms. The van der Waals surface area contributed by atoms with Crippen molar-refractivity contribution < 1.29 is 13.2 Å². The average Bonchev–Trinajstić information content (AvgIpc) is 3.06. The van der Waals surface area contributed by atoms with E-state index in [1.54, 1.807) is 30.3 Å². The van der Waals surface area contributed by atoms with Gasteiger partial charge >= 0.3 is 0 Å². The summed E-state index contributed by atoms with van der Waals surface area (Å²) in [6, 6.07) is 6.73. The Morgan fingerprint density at radius 3 is 2.59 bits per heavy atom. The molecule has 1 heterocycles. The molecule has 1 fully saturated rings. The predicted octanol–water partition coefficient (Wildman–Crippen LogP) is 1.23. The van der Waals surface area contributed by atoms with Crippen molar-refractivity contribution in [1.82, 2.24) is 4.72 Å². The Morgan fingerprint density at radius 2 is 2.06 bits per heavy atom. The van der Waals surface area contributed by atoms with E-state index in [0.717, 1.165) is 5.56 Å². The Bertz CT molecular complexity index is 507. The maximum atomic E-state index is 11.9. The zero-order valence-corrected chi connectivity index (χ0v) is 10.4. The molecule has 2 atom stereocenters. The number of nitrogens with one attached hydrogen (secondary N) is 1. The highest BCUT2D eigenvalue weighted by atomic mass is 32.2. The van der Waals surface area contributed by atoms with Gasteiger partial charge in [-0.15, -0.1) is 6.58 Å². The SMILES string of the molecule is C=C[C@H]1O[C@H]1CNS(=O)(=O)c1ccc(C)cc1. The summed E-state index contributed by atoms with van der Waals surface area (Å²) in [6.07, 6.45) is 1.58. The molecular weight excluding hydrogens is 238 g/mol. The lowest BCUT2D eigenvalue weighted by atomic mass is 10.2. The van der Waals surface area contributed by atoms with E-state index >= 15 is 0 Å². The molecule has 0 unspecified atom stereocenters. The molecule has 0 saturated carbocycles. The number of ether oxygens (including phenoxy) is 1. The summed E-state index contributed by atoms with van der Waals surface area (Å²) in [5, 5.41) is 0. The van der Waals surface area contributed by atoms with E-state index in [9.17, 15) is 8.42 Å². The lowest BCUT2D eigenvalue weighted by molar-refractivity contribution is 0.387. The third-order valence-electron chi connectivity index (χ3n) is 2.66. The van der Waals surface area contributed by atoms with Crippen molar-refractivity contribution in [3.05, 3.63) is 42.5 Å². The fourth-order valence-electron chi connectivity index (χ4n) is 1.52. The first-order valence-corrected chi connectivity index (χ1v) is 6.85. The quantitative estimate of drug-likeness (QED) is 0.634. The molecular formula is C12H15NO3S. The molecule has 0 amide bonds. The molecule has 0 aromatic heterocycles. The van der Waals surface area contributed by atoms with Crippen molar-refractivity contribution in [3.63, 3.8) is 0 Å². The van der Waals surface area contributed by atoms with Gasteiger partial charge in [0.2, 0.25) is 10.0 Å². The van der Waals surface area contributed by atoms with Crippen molar-refractivity contribution in [1.29, 1.82) is 0 Å². The van der Waals surface area contributed by atoms with Crippen LogP contribution in [0.2, 0.25) is 0 Å². The van der Waals surface area contributed by atoms with Gasteiger partial charge in [0.25, 0.3) is 0 Å². The second-order valence-corrected chi connectivity index (χ2v) is 5.81. The molecule has 1 N–H and O–H groups in total. The Kier molecular flexibility index (Phi) is 3.33. The number of hydrogen-bond donors (Lipinski definition) is 1. The van der Waals surface area contributed by atoms with E-state index < -0.39 is 10.0 Å². The fraction of sp³-hybridized carbons (Fsp3) is 0.333. The normalized spacial score (nSPS) is 23.4. The van der Waals surface area contributed by atoms with Gasteiger partial charge in [-0.25, -0.2) is 13.1 Å². The zero-order chi connectivity index (χ0) is 12.5. The third kappa shape index (κ3) is 2.94.